The molecule has 0 atom stereocenters. The zero-order valence-corrected chi connectivity index (χ0v) is 20.6. The van der Waals surface area contributed by atoms with E-state index in [1.165, 1.54) is 0 Å². The average molecular weight is 506 g/mol. The highest BCUT2D eigenvalue weighted by molar-refractivity contribution is 9.10. The average Bonchev–Trinajstić information content (AvgIpc) is 3.04. The Bertz CT molecular complexity index is 975. The molecule has 0 aromatic heterocycles. The molecule has 0 unspecified atom stereocenters. The van der Waals surface area contributed by atoms with Gasteiger partial charge in [0.2, 0.25) is 0 Å². The molecular formula is C22H24BrN3O2S2. The summed E-state index contributed by atoms with van der Waals surface area (Å²) in [6.45, 7) is 0. The maximum absolute atomic E-state index is 13.3. The summed E-state index contributed by atoms with van der Waals surface area (Å²) in [5, 5.41) is 0.700. The highest BCUT2D eigenvalue weighted by Gasteiger charge is 2.32. The predicted octanol–water partition coefficient (Wildman–Crippen LogP) is 5.36. The van der Waals surface area contributed by atoms with E-state index >= 15 is 0 Å². The van der Waals surface area contributed by atoms with Gasteiger partial charge in [0.1, 0.15) is 11.4 Å². The van der Waals surface area contributed by atoms with Crippen molar-refractivity contribution in [2.24, 2.45) is 4.99 Å². The van der Waals surface area contributed by atoms with Crippen LogP contribution < -0.4 is 14.5 Å². The van der Waals surface area contributed by atoms with Crippen molar-refractivity contribution in [2.45, 2.75) is 0 Å². The lowest BCUT2D eigenvalue weighted by atomic mass is 10.1. The first-order valence-corrected chi connectivity index (χ1v) is 12.5. The molecule has 0 bridgehead atoms. The van der Waals surface area contributed by atoms with Crippen LogP contribution >= 0.6 is 39.5 Å². The topological polar surface area (TPSA) is 45.1 Å². The molecule has 0 N–H and O–H groups in total. The van der Waals surface area contributed by atoms with E-state index in [-0.39, 0.29) is 5.91 Å². The summed E-state index contributed by atoms with van der Waals surface area (Å²) in [5.74, 6) is 2.44. The third kappa shape index (κ3) is 5.22. The third-order valence-electron chi connectivity index (χ3n) is 4.46. The van der Waals surface area contributed by atoms with Gasteiger partial charge in [-0.25, -0.2) is 4.99 Å². The quantitative estimate of drug-likeness (QED) is 0.374. The summed E-state index contributed by atoms with van der Waals surface area (Å²) >= 11 is 6.82. The number of amidine groups is 1. The van der Waals surface area contributed by atoms with Crippen molar-refractivity contribution in [3.63, 3.8) is 0 Å². The number of carbonyl (C=O) groups excluding carboxylic acids is 1. The van der Waals surface area contributed by atoms with Gasteiger partial charge in [-0.05, 0) is 48.7 Å². The van der Waals surface area contributed by atoms with Crippen LogP contribution in [-0.4, -0.2) is 50.0 Å². The van der Waals surface area contributed by atoms with Crippen LogP contribution in [0.2, 0.25) is 0 Å². The first kappa shape index (κ1) is 22.8. The first-order chi connectivity index (χ1) is 14.4. The van der Waals surface area contributed by atoms with E-state index in [9.17, 15) is 4.79 Å². The second kappa shape index (κ2) is 10.4. The van der Waals surface area contributed by atoms with Gasteiger partial charge in [0, 0.05) is 47.4 Å². The van der Waals surface area contributed by atoms with E-state index in [1.54, 1.807) is 41.6 Å². The van der Waals surface area contributed by atoms with Crippen LogP contribution in [0.4, 0.5) is 11.4 Å². The van der Waals surface area contributed by atoms with Crippen LogP contribution in [0.1, 0.15) is 5.56 Å². The second-order valence-electron chi connectivity index (χ2n) is 6.70. The number of carbonyl (C=O) groups is 1. The van der Waals surface area contributed by atoms with Crippen molar-refractivity contribution in [3.8, 4) is 5.75 Å². The Morgan fingerprint density at radius 3 is 2.53 bits per heavy atom. The minimum Gasteiger partial charge on any atom is -0.496 e. The molecule has 5 nitrogen and oxygen atoms in total. The predicted molar refractivity (Wildman–Crippen MR) is 135 cm³/mol. The van der Waals surface area contributed by atoms with Crippen molar-refractivity contribution in [1.29, 1.82) is 0 Å². The number of hydrogen-bond donors (Lipinski definition) is 0. The molecule has 1 aliphatic heterocycles. The van der Waals surface area contributed by atoms with Crippen LogP contribution in [0.5, 0.6) is 5.75 Å². The van der Waals surface area contributed by atoms with Crippen molar-refractivity contribution in [1.82, 2.24) is 0 Å². The molecule has 1 amide bonds. The Balaban J connectivity index is 1.98. The van der Waals surface area contributed by atoms with Gasteiger partial charge >= 0.3 is 0 Å². The van der Waals surface area contributed by atoms with E-state index in [2.05, 4.69) is 27.2 Å². The van der Waals surface area contributed by atoms with Gasteiger partial charge in [0.05, 0.1) is 12.8 Å². The zero-order valence-electron chi connectivity index (χ0n) is 17.4. The smallest absolute Gasteiger partial charge is 0.283 e. The summed E-state index contributed by atoms with van der Waals surface area (Å²) in [6, 6.07) is 13.6. The molecular weight excluding hydrogens is 482 g/mol. The molecule has 0 saturated carbocycles. The van der Waals surface area contributed by atoms with Crippen LogP contribution in [0.15, 0.2) is 57.6 Å². The number of halogens is 1. The standard InChI is InChI=1S/C22H24BrN3O2S2/c1-25(2)18-8-5-15(20(14-18)28-3)13-19-21(27)26(17-9-6-16(23)7-10-17)22(24-19)30-12-11-29-4/h5-10,13-14H,11-12H2,1-4H3/b19-13-. The molecule has 0 saturated heterocycles. The fourth-order valence-electron chi connectivity index (χ4n) is 2.87. The number of amides is 1. The lowest BCUT2D eigenvalue weighted by Gasteiger charge is -2.18. The molecule has 0 radical (unpaired) electrons. The van der Waals surface area contributed by atoms with Crippen molar-refractivity contribution >= 4 is 68.0 Å². The number of aliphatic imine (C=N–C) groups is 1. The number of benzene rings is 2. The maximum Gasteiger partial charge on any atom is 0.283 e. The fourth-order valence-corrected chi connectivity index (χ4v) is 4.80. The molecule has 1 heterocycles. The highest BCUT2D eigenvalue weighted by atomic mass is 79.9. The third-order valence-corrected chi connectivity index (χ3v) is 6.80. The monoisotopic (exact) mass is 505 g/mol. The minimum atomic E-state index is -0.136. The van der Waals surface area contributed by atoms with Crippen LogP contribution in [0.25, 0.3) is 6.08 Å². The molecule has 3 rings (SSSR count). The summed E-state index contributed by atoms with van der Waals surface area (Å²) in [4.78, 5) is 21.6. The van der Waals surface area contributed by atoms with Crippen LogP contribution in [-0.2, 0) is 4.79 Å². The molecule has 158 valence electrons. The van der Waals surface area contributed by atoms with Gasteiger partial charge in [-0.3, -0.25) is 9.69 Å². The minimum absolute atomic E-state index is 0.136. The zero-order chi connectivity index (χ0) is 21.7. The molecule has 30 heavy (non-hydrogen) atoms. The lowest BCUT2D eigenvalue weighted by Crippen LogP contribution is -2.30. The van der Waals surface area contributed by atoms with E-state index in [1.807, 2.05) is 61.5 Å². The molecule has 2 aromatic rings. The Labute approximate surface area is 194 Å². The number of ether oxygens (including phenoxy) is 1. The van der Waals surface area contributed by atoms with E-state index in [0.29, 0.717) is 16.6 Å². The molecule has 2 aromatic carbocycles. The molecule has 0 spiro atoms. The summed E-state index contributed by atoms with van der Waals surface area (Å²) in [6.07, 6.45) is 3.87. The van der Waals surface area contributed by atoms with E-state index in [4.69, 9.17) is 4.74 Å². The molecule has 1 aliphatic rings. The Morgan fingerprint density at radius 2 is 1.90 bits per heavy atom. The van der Waals surface area contributed by atoms with Gasteiger partial charge in [0.25, 0.3) is 5.91 Å². The summed E-state index contributed by atoms with van der Waals surface area (Å²) in [5.41, 5.74) is 3.05. The lowest BCUT2D eigenvalue weighted by molar-refractivity contribution is -0.113. The number of hydrogen-bond acceptors (Lipinski definition) is 6. The Kier molecular flexibility index (Phi) is 7.91. The maximum atomic E-state index is 13.3. The Hall–Kier alpha value is -1.90. The number of anilines is 2. The van der Waals surface area contributed by atoms with E-state index < -0.39 is 0 Å². The molecule has 8 heteroatoms. The van der Waals surface area contributed by atoms with Gasteiger partial charge in [0.15, 0.2) is 5.17 Å². The van der Waals surface area contributed by atoms with Gasteiger partial charge in [-0.2, -0.15) is 11.8 Å². The second-order valence-corrected chi connectivity index (χ2v) is 9.67. The Morgan fingerprint density at radius 1 is 1.17 bits per heavy atom. The number of methoxy groups -OCH3 is 1. The summed E-state index contributed by atoms with van der Waals surface area (Å²) < 4.78 is 6.52. The first-order valence-electron chi connectivity index (χ1n) is 9.32. The summed E-state index contributed by atoms with van der Waals surface area (Å²) in [7, 11) is 5.59. The van der Waals surface area contributed by atoms with Crippen molar-refractivity contribution in [3.05, 3.63) is 58.2 Å². The van der Waals surface area contributed by atoms with Gasteiger partial charge < -0.3 is 9.64 Å². The fraction of sp³-hybridized carbons (Fsp3) is 0.273. The number of thioether (sulfide) groups is 2. The SMILES string of the molecule is COc1cc(N(C)C)ccc1/C=C1\N=C(SCCSC)N(c2ccc(Br)cc2)C1=O. The molecule has 0 aliphatic carbocycles. The van der Waals surface area contributed by atoms with E-state index in [0.717, 1.165) is 32.9 Å². The number of nitrogens with zero attached hydrogens (tertiary/aromatic N) is 3. The normalized spacial score (nSPS) is 15.0. The highest BCUT2D eigenvalue weighted by Crippen LogP contribution is 2.32. The van der Waals surface area contributed by atoms with Gasteiger partial charge in [-0.1, -0.05) is 27.7 Å². The van der Waals surface area contributed by atoms with Crippen LogP contribution in [0, 0.1) is 0 Å². The van der Waals surface area contributed by atoms with Gasteiger partial charge in [-0.15, -0.1) is 0 Å². The van der Waals surface area contributed by atoms with Crippen molar-refractivity contribution < 1.29 is 9.53 Å². The van der Waals surface area contributed by atoms with Crippen LogP contribution in [0.3, 0.4) is 0 Å². The molecule has 0 fully saturated rings. The largest absolute Gasteiger partial charge is 0.496 e. The number of rotatable bonds is 7. The van der Waals surface area contributed by atoms with Crippen molar-refractivity contribution in [2.75, 3.05) is 48.8 Å².